The molecule has 1 heterocycles. The van der Waals surface area contributed by atoms with Crippen LogP contribution in [0.5, 0.6) is 5.75 Å². The van der Waals surface area contributed by atoms with Gasteiger partial charge in [0.15, 0.2) is 0 Å². The molecular weight excluding hydrogens is 224 g/mol. The Morgan fingerprint density at radius 2 is 1.67 bits per heavy atom. The molecule has 0 spiro atoms. The fourth-order valence-electron chi connectivity index (χ4n) is 2.09. The van der Waals surface area contributed by atoms with Crippen LogP contribution in [0.2, 0.25) is 0 Å². The average molecular weight is 238 g/mol. The van der Waals surface area contributed by atoms with E-state index in [1.54, 1.807) is 7.11 Å². The number of fused-ring (bicyclic) bond motifs is 1. The Hall–Kier alpha value is -2.22. The minimum Gasteiger partial charge on any atom is -0.497 e. The van der Waals surface area contributed by atoms with E-state index in [1.165, 1.54) is 10.8 Å². The van der Waals surface area contributed by atoms with Gasteiger partial charge in [0.25, 0.3) is 0 Å². The third-order valence-corrected chi connectivity index (χ3v) is 3.07. The monoisotopic (exact) mass is 238 g/mol. The maximum absolute atomic E-state index is 5.64. The zero-order valence-corrected chi connectivity index (χ0v) is 10.4. The fourth-order valence-corrected chi connectivity index (χ4v) is 2.09. The predicted octanol–water partition coefficient (Wildman–Crippen LogP) is 4.42. The molecule has 0 fully saturated rings. The Kier molecular flexibility index (Phi) is 2.56. The van der Waals surface area contributed by atoms with Crippen LogP contribution < -0.4 is 4.74 Å². The maximum Gasteiger partial charge on any atom is 0.134 e. The Morgan fingerprint density at radius 1 is 0.889 bits per heavy atom. The molecule has 3 rings (SSSR count). The zero-order chi connectivity index (χ0) is 12.5. The minimum absolute atomic E-state index is 0.879. The molecule has 0 amide bonds. The highest BCUT2D eigenvalue weighted by Crippen LogP contribution is 2.27. The number of hydrogen-bond donors (Lipinski definition) is 0. The van der Waals surface area contributed by atoms with Gasteiger partial charge in [-0.15, -0.1) is 0 Å². The molecule has 0 saturated carbocycles. The molecule has 0 bridgehead atoms. The summed E-state index contributed by atoms with van der Waals surface area (Å²) < 4.78 is 10.9. The van der Waals surface area contributed by atoms with Crippen molar-refractivity contribution in [1.29, 1.82) is 0 Å². The van der Waals surface area contributed by atoms with Gasteiger partial charge in [-0.3, -0.25) is 0 Å². The minimum atomic E-state index is 0.879. The summed E-state index contributed by atoms with van der Waals surface area (Å²) in [6.07, 6.45) is 0. The molecule has 0 atom stereocenters. The number of ether oxygens (including phenoxy) is 1. The summed E-state index contributed by atoms with van der Waals surface area (Å²) in [4.78, 5) is 0. The van der Waals surface area contributed by atoms with Gasteiger partial charge in [0.05, 0.1) is 7.11 Å². The highest BCUT2D eigenvalue weighted by Gasteiger charge is 2.04. The van der Waals surface area contributed by atoms with Crippen molar-refractivity contribution in [2.75, 3.05) is 7.11 Å². The predicted molar refractivity (Wildman–Crippen MR) is 72.9 cm³/mol. The van der Waals surface area contributed by atoms with Crippen molar-refractivity contribution in [3.05, 3.63) is 54.3 Å². The highest BCUT2D eigenvalue weighted by molar-refractivity contribution is 5.87. The van der Waals surface area contributed by atoms with Crippen LogP contribution in [0.25, 0.3) is 22.1 Å². The molecule has 0 aliphatic carbocycles. The lowest BCUT2D eigenvalue weighted by Crippen LogP contribution is -1.82. The lowest BCUT2D eigenvalue weighted by molar-refractivity contribution is 0.415. The smallest absolute Gasteiger partial charge is 0.134 e. The van der Waals surface area contributed by atoms with Crippen LogP contribution in [0.3, 0.4) is 0 Å². The van der Waals surface area contributed by atoms with E-state index in [0.717, 1.165) is 22.8 Å². The van der Waals surface area contributed by atoms with Crippen molar-refractivity contribution in [3.63, 3.8) is 0 Å². The Bertz CT molecular complexity index is 695. The van der Waals surface area contributed by atoms with E-state index in [0.29, 0.717) is 0 Å². The third kappa shape index (κ3) is 1.86. The van der Waals surface area contributed by atoms with Crippen LogP contribution in [-0.2, 0) is 0 Å². The van der Waals surface area contributed by atoms with Gasteiger partial charge in [-0.2, -0.15) is 0 Å². The lowest BCUT2D eigenvalue weighted by Gasteiger charge is -2.04. The first-order valence-electron chi connectivity index (χ1n) is 5.91. The van der Waals surface area contributed by atoms with Gasteiger partial charge >= 0.3 is 0 Å². The second-order valence-electron chi connectivity index (χ2n) is 4.34. The van der Waals surface area contributed by atoms with Gasteiger partial charge in [-0.25, -0.2) is 0 Å². The molecule has 0 aliphatic rings. The van der Waals surface area contributed by atoms with Gasteiger partial charge in [-0.05, 0) is 48.0 Å². The van der Waals surface area contributed by atoms with Crippen LogP contribution in [0.15, 0.2) is 52.9 Å². The second-order valence-corrected chi connectivity index (χ2v) is 4.34. The molecule has 2 aromatic carbocycles. The molecule has 0 saturated heterocycles. The second kappa shape index (κ2) is 4.22. The lowest BCUT2D eigenvalue weighted by atomic mass is 10.1. The summed E-state index contributed by atoms with van der Waals surface area (Å²) in [5.74, 6) is 2.72. The molecule has 0 N–H and O–H groups in total. The molecule has 2 heteroatoms. The molecule has 2 nitrogen and oxygen atoms in total. The van der Waals surface area contributed by atoms with Gasteiger partial charge in [0, 0.05) is 5.56 Å². The number of benzene rings is 2. The van der Waals surface area contributed by atoms with Crippen molar-refractivity contribution < 1.29 is 9.15 Å². The van der Waals surface area contributed by atoms with Crippen LogP contribution in [0.4, 0.5) is 0 Å². The van der Waals surface area contributed by atoms with Gasteiger partial charge in [-0.1, -0.05) is 18.2 Å². The summed E-state index contributed by atoms with van der Waals surface area (Å²) in [5, 5.41) is 2.35. The maximum atomic E-state index is 5.64. The SMILES string of the molecule is COc1ccc2cc(-c3ccc(C)o3)ccc2c1. The molecular formula is C16H14O2. The highest BCUT2D eigenvalue weighted by atomic mass is 16.5. The summed E-state index contributed by atoms with van der Waals surface area (Å²) in [6.45, 7) is 1.95. The van der Waals surface area contributed by atoms with Gasteiger partial charge in [0.2, 0.25) is 0 Å². The average Bonchev–Trinajstić information content (AvgIpc) is 2.84. The van der Waals surface area contributed by atoms with Crippen LogP contribution >= 0.6 is 0 Å². The zero-order valence-electron chi connectivity index (χ0n) is 10.4. The van der Waals surface area contributed by atoms with E-state index >= 15 is 0 Å². The van der Waals surface area contributed by atoms with Crippen LogP contribution in [0.1, 0.15) is 5.76 Å². The molecule has 0 radical (unpaired) electrons. The first kappa shape index (κ1) is 10.9. The Balaban J connectivity index is 2.11. The van der Waals surface area contributed by atoms with Crippen LogP contribution in [-0.4, -0.2) is 7.11 Å². The molecule has 18 heavy (non-hydrogen) atoms. The molecule has 3 aromatic rings. The Labute approximate surface area is 106 Å². The summed E-state index contributed by atoms with van der Waals surface area (Å²) in [5.41, 5.74) is 1.10. The number of aryl methyl sites for hydroxylation is 1. The van der Waals surface area contributed by atoms with E-state index in [2.05, 4.69) is 24.3 Å². The van der Waals surface area contributed by atoms with Crippen molar-refractivity contribution in [1.82, 2.24) is 0 Å². The molecule has 0 unspecified atom stereocenters. The number of hydrogen-bond acceptors (Lipinski definition) is 2. The third-order valence-electron chi connectivity index (χ3n) is 3.07. The number of methoxy groups -OCH3 is 1. The topological polar surface area (TPSA) is 22.4 Å². The summed E-state index contributed by atoms with van der Waals surface area (Å²) in [6, 6.07) is 16.3. The van der Waals surface area contributed by atoms with E-state index in [1.807, 2.05) is 31.2 Å². The molecule has 0 aliphatic heterocycles. The Morgan fingerprint density at radius 3 is 2.39 bits per heavy atom. The van der Waals surface area contributed by atoms with Crippen molar-refractivity contribution in [3.8, 4) is 17.1 Å². The first-order chi connectivity index (χ1) is 8.76. The van der Waals surface area contributed by atoms with Crippen molar-refractivity contribution in [2.45, 2.75) is 6.92 Å². The summed E-state index contributed by atoms with van der Waals surface area (Å²) in [7, 11) is 1.68. The largest absolute Gasteiger partial charge is 0.497 e. The molecule has 1 aromatic heterocycles. The van der Waals surface area contributed by atoms with Gasteiger partial charge < -0.3 is 9.15 Å². The van der Waals surface area contributed by atoms with E-state index in [-0.39, 0.29) is 0 Å². The number of furan rings is 1. The van der Waals surface area contributed by atoms with E-state index in [4.69, 9.17) is 9.15 Å². The van der Waals surface area contributed by atoms with Crippen molar-refractivity contribution >= 4 is 10.8 Å². The molecule has 90 valence electrons. The first-order valence-corrected chi connectivity index (χ1v) is 5.91. The fraction of sp³-hybridized carbons (Fsp3) is 0.125. The quantitative estimate of drug-likeness (QED) is 0.659. The normalized spacial score (nSPS) is 10.8. The van der Waals surface area contributed by atoms with Crippen LogP contribution in [0, 0.1) is 6.92 Å². The van der Waals surface area contributed by atoms with E-state index < -0.39 is 0 Å². The van der Waals surface area contributed by atoms with Crippen molar-refractivity contribution in [2.24, 2.45) is 0 Å². The number of rotatable bonds is 2. The summed E-state index contributed by atoms with van der Waals surface area (Å²) >= 11 is 0. The standard InChI is InChI=1S/C16H14O2/c1-11-3-8-16(18-11)14-5-4-13-10-15(17-2)7-6-12(13)9-14/h3-10H,1-2H3. The van der Waals surface area contributed by atoms with Gasteiger partial charge in [0.1, 0.15) is 17.3 Å². The van der Waals surface area contributed by atoms with E-state index in [9.17, 15) is 0 Å².